The van der Waals surface area contributed by atoms with Crippen molar-refractivity contribution in [3.05, 3.63) is 30.3 Å². The number of carbonyl (C=O) groups excluding carboxylic acids is 2. The molecule has 0 saturated heterocycles. The topological polar surface area (TPSA) is 86.7 Å². The number of anilines is 1. The van der Waals surface area contributed by atoms with Gasteiger partial charge in [0.1, 0.15) is 0 Å². The minimum atomic E-state index is -1.48. The van der Waals surface area contributed by atoms with Gasteiger partial charge in [-0.15, -0.1) is 0 Å². The van der Waals surface area contributed by atoms with Crippen molar-refractivity contribution in [3.8, 4) is 0 Å². The molecule has 0 aromatic heterocycles. The number of rotatable bonds is 2. The molecule has 0 aliphatic rings. The largest absolute Gasteiger partial charge is 0.464 e. The number of carboxylic acid groups (broad SMARTS) is 1. The first-order chi connectivity index (χ1) is 7.16. The van der Waals surface area contributed by atoms with Gasteiger partial charge in [0.2, 0.25) is 0 Å². The summed E-state index contributed by atoms with van der Waals surface area (Å²) in [5.74, 6) is 0. The fourth-order valence-electron chi connectivity index (χ4n) is 0.991. The Kier molecular flexibility index (Phi) is 3.39. The Morgan fingerprint density at radius 1 is 1.27 bits per heavy atom. The average Bonchev–Trinajstić information content (AvgIpc) is 2.19. The minimum Gasteiger partial charge on any atom is -0.464 e. The normalized spacial score (nSPS) is 9.07. The van der Waals surface area contributed by atoms with Gasteiger partial charge in [0.05, 0.1) is 5.69 Å². The van der Waals surface area contributed by atoms with E-state index >= 15 is 0 Å². The predicted octanol–water partition coefficient (Wildman–Crippen LogP) is 0.948. The van der Waals surface area contributed by atoms with E-state index in [1.165, 1.54) is 12.1 Å². The maximum atomic E-state index is 11.2. The van der Waals surface area contributed by atoms with Crippen LogP contribution in [0.15, 0.2) is 30.3 Å². The van der Waals surface area contributed by atoms with Crippen LogP contribution >= 0.6 is 0 Å². The number of hydrogen-bond donors (Lipinski definition) is 2. The Bertz CT molecular complexity index is 377. The Hall–Kier alpha value is -2.37. The van der Waals surface area contributed by atoms with Crippen molar-refractivity contribution < 1.29 is 19.5 Å². The number of hydrogen-bond acceptors (Lipinski definition) is 3. The number of nitrogens with zero attached hydrogens (tertiary/aromatic N) is 1. The standard InChI is InChI=1S/C9H7N2O4/c12-6-10-8(13)11(9(14)15)7-4-2-1-3-5-7/h1-5H,(H,14,15)(H,10,12,13). The molecule has 1 rings (SSSR count). The molecule has 0 spiro atoms. The molecule has 1 radical (unpaired) electrons. The van der Waals surface area contributed by atoms with E-state index in [1.807, 2.05) is 0 Å². The molecule has 15 heavy (non-hydrogen) atoms. The number of imide groups is 2. The van der Waals surface area contributed by atoms with Crippen LogP contribution in [0.4, 0.5) is 15.3 Å². The molecular formula is C9H7N2O4. The lowest BCUT2D eigenvalue weighted by Gasteiger charge is -2.15. The number of para-hydroxylation sites is 1. The first kappa shape index (κ1) is 10.7. The van der Waals surface area contributed by atoms with Crippen LogP contribution in [0.1, 0.15) is 0 Å². The molecule has 0 bridgehead atoms. The Morgan fingerprint density at radius 3 is 2.33 bits per heavy atom. The molecule has 2 N–H and O–H groups in total. The summed E-state index contributed by atoms with van der Waals surface area (Å²) in [7, 11) is 0. The van der Waals surface area contributed by atoms with Crippen LogP contribution in [-0.2, 0) is 4.79 Å². The minimum absolute atomic E-state index is 0.151. The van der Waals surface area contributed by atoms with Gasteiger partial charge in [-0.05, 0) is 12.1 Å². The summed E-state index contributed by atoms with van der Waals surface area (Å²) >= 11 is 0. The van der Waals surface area contributed by atoms with Crippen LogP contribution in [0.5, 0.6) is 0 Å². The highest BCUT2D eigenvalue weighted by Gasteiger charge is 2.22. The molecule has 0 atom stereocenters. The summed E-state index contributed by atoms with van der Waals surface area (Å²) in [5, 5.41) is 10.4. The summed E-state index contributed by atoms with van der Waals surface area (Å²) in [6.07, 6.45) is -0.360. The highest BCUT2D eigenvalue weighted by molar-refractivity contribution is 6.13. The summed E-state index contributed by atoms with van der Waals surface area (Å²) in [4.78, 5) is 32.2. The van der Waals surface area contributed by atoms with E-state index in [0.717, 1.165) is 6.41 Å². The van der Waals surface area contributed by atoms with E-state index in [0.29, 0.717) is 4.90 Å². The van der Waals surface area contributed by atoms with E-state index in [1.54, 1.807) is 23.5 Å². The van der Waals surface area contributed by atoms with Crippen molar-refractivity contribution in [1.82, 2.24) is 5.32 Å². The van der Waals surface area contributed by atoms with E-state index in [2.05, 4.69) is 0 Å². The highest BCUT2D eigenvalue weighted by Crippen LogP contribution is 2.13. The highest BCUT2D eigenvalue weighted by atomic mass is 16.4. The van der Waals surface area contributed by atoms with E-state index < -0.39 is 12.1 Å². The van der Waals surface area contributed by atoms with Gasteiger partial charge >= 0.3 is 18.5 Å². The molecular weight excluding hydrogens is 200 g/mol. The van der Waals surface area contributed by atoms with Gasteiger partial charge in [0.15, 0.2) is 0 Å². The number of benzene rings is 1. The number of urea groups is 1. The second-order valence-electron chi connectivity index (χ2n) is 2.49. The van der Waals surface area contributed by atoms with Crippen molar-refractivity contribution in [2.45, 2.75) is 0 Å². The van der Waals surface area contributed by atoms with Crippen LogP contribution in [-0.4, -0.2) is 23.6 Å². The van der Waals surface area contributed by atoms with E-state index in [4.69, 9.17) is 5.11 Å². The molecule has 6 heteroatoms. The fraction of sp³-hybridized carbons (Fsp3) is 0. The van der Waals surface area contributed by atoms with Crippen LogP contribution in [0.2, 0.25) is 0 Å². The molecule has 6 nitrogen and oxygen atoms in total. The molecule has 4 amide bonds. The monoisotopic (exact) mass is 207 g/mol. The maximum absolute atomic E-state index is 11.2. The molecule has 77 valence electrons. The predicted molar refractivity (Wildman–Crippen MR) is 51.2 cm³/mol. The van der Waals surface area contributed by atoms with Crippen molar-refractivity contribution in [2.75, 3.05) is 4.90 Å². The quantitative estimate of drug-likeness (QED) is 0.706. The molecule has 0 saturated carbocycles. The summed E-state index contributed by atoms with van der Waals surface area (Å²) in [6.45, 7) is 0. The average molecular weight is 207 g/mol. The van der Waals surface area contributed by atoms with Gasteiger partial charge < -0.3 is 5.11 Å². The molecule has 0 fully saturated rings. The molecule has 1 aromatic carbocycles. The zero-order valence-electron chi connectivity index (χ0n) is 7.51. The second-order valence-corrected chi connectivity index (χ2v) is 2.49. The van der Waals surface area contributed by atoms with Crippen molar-refractivity contribution in [1.29, 1.82) is 0 Å². The molecule has 0 aliphatic carbocycles. The third kappa shape index (κ3) is 2.53. The number of amides is 4. The fourth-order valence-corrected chi connectivity index (χ4v) is 0.991. The Balaban J connectivity index is 2.98. The zero-order valence-corrected chi connectivity index (χ0v) is 7.51. The van der Waals surface area contributed by atoms with Gasteiger partial charge in [0.25, 0.3) is 0 Å². The van der Waals surface area contributed by atoms with Gasteiger partial charge in [0, 0.05) is 0 Å². The first-order valence-electron chi connectivity index (χ1n) is 3.92. The van der Waals surface area contributed by atoms with Gasteiger partial charge in [-0.25, -0.2) is 9.59 Å². The summed E-state index contributed by atoms with van der Waals surface area (Å²) in [5.41, 5.74) is 0.151. The Labute approximate surface area is 85.1 Å². The third-order valence-corrected chi connectivity index (χ3v) is 1.57. The Morgan fingerprint density at radius 2 is 1.87 bits per heavy atom. The lowest BCUT2D eigenvalue weighted by Crippen LogP contribution is -2.42. The van der Waals surface area contributed by atoms with E-state index in [9.17, 15) is 14.4 Å². The van der Waals surface area contributed by atoms with Crippen molar-refractivity contribution in [2.24, 2.45) is 0 Å². The van der Waals surface area contributed by atoms with Crippen LogP contribution in [0, 0.1) is 0 Å². The van der Waals surface area contributed by atoms with Crippen molar-refractivity contribution in [3.63, 3.8) is 0 Å². The lowest BCUT2D eigenvalue weighted by molar-refractivity contribution is 0.200. The lowest BCUT2D eigenvalue weighted by atomic mass is 10.3. The summed E-state index contributed by atoms with van der Waals surface area (Å²) in [6, 6.07) is 6.61. The molecule has 0 unspecified atom stereocenters. The SMILES string of the molecule is O=[C]NC(=O)N(C(=O)O)c1ccccc1. The van der Waals surface area contributed by atoms with Crippen LogP contribution in [0.3, 0.4) is 0 Å². The van der Waals surface area contributed by atoms with Gasteiger partial charge in [-0.2, -0.15) is 4.90 Å². The smallest absolute Gasteiger partial charge is 0.420 e. The third-order valence-electron chi connectivity index (χ3n) is 1.57. The number of carbonyl (C=O) groups is 2. The molecule has 1 aromatic rings. The van der Waals surface area contributed by atoms with Gasteiger partial charge in [-0.3, -0.25) is 10.1 Å². The molecule has 0 aliphatic heterocycles. The molecule has 0 heterocycles. The van der Waals surface area contributed by atoms with Gasteiger partial charge in [-0.1, -0.05) is 18.2 Å². The zero-order chi connectivity index (χ0) is 11.3. The maximum Gasteiger partial charge on any atom is 0.420 e. The van der Waals surface area contributed by atoms with Crippen LogP contribution < -0.4 is 10.2 Å². The van der Waals surface area contributed by atoms with Crippen LogP contribution in [0.25, 0.3) is 0 Å². The van der Waals surface area contributed by atoms with E-state index in [-0.39, 0.29) is 5.69 Å². The number of nitrogens with one attached hydrogen (secondary N) is 1. The first-order valence-corrected chi connectivity index (χ1v) is 3.92. The second kappa shape index (κ2) is 4.75. The summed E-state index contributed by atoms with van der Waals surface area (Å²) < 4.78 is 0. The van der Waals surface area contributed by atoms with Crippen molar-refractivity contribution >= 4 is 24.2 Å².